The molecule has 0 spiro atoms. The van der Waals surface area contributed by atoms with E-state index in [1.807, 2.05) is 0 Å². The van der Waals surface area contributed by atoms with Crippen molar-refractivity contribution in [3.8, 4) is 18.2 Å². The second-order valence-corrected chi connectivity index (χ2v) is 2.77. The summed E-state index contributed by atoms with van der Waals surface area (Å²) in [6.07, 6.45) is 7.15. The molecule has 78 valence electrons. The molecule has 1 N–H and O–H groups in total. The molecule has 1 amide bonds. The Kier molecular flexibility index (Phi) is 4.17. The Balaban J connectivity index is 2.69. The van der Waals surface area contributed by atoms with E-state index in [9.17, 15) is 4.79 Å². The largest absolute Gasteiger partial charge is 0.480 e. The number of carbonyl (C=O) groups excluding carboxylic acids is 1. The van der Waals surface area contributed by atoms with Crippen molar-refractivity contribution in [1.29, 1.82) is 0 Å². The maximum atomic E-state index is 11.6. The van der Waals surface area contributed by atoms with Gasteiger partial charge in [-0.05, 0) is 12.1 Å². The van der Waals surface area contributed by atoms with Gasteiger partial charge >= 0.3 is 0 Å². The van der Waals surface area contributed by atoms with Crippen LogP contribution in [-0.4, -0.2) is 24.5 Å². The minimum atomic E-state index is -0.227. The summed E-state index contributed by atoms with van der Waals surface area (Å²) in [5.74, 6) is 2.53. The van der Waals surface area contributed by atoms with E-state index < -0.39 is 0 Å². The standard InChI is InChI=1S/C11H12N2O2/c1-3-4-7-12-10(14)9-6-5-8-13-11(9)15-2/h1,5-6,8H,4,7H2,2H3,(H,12,14). The van der Waals surface area contributed by atoms with Crippen molar-refractivity contribution in [2.24, 2.45) is 0 Å². The number of nitrogens with zero attached hydrogens (tertiary/aromatic N) is 1. The number of aromatic nitrogens is 1. The van der Waals surface area contributed by atoms with Crippen LogP contribution in [0, 0.1) is 12.3 Å². The molecular formula is C11H12N2O2. The van der Waals surface area contributed by atoms with Gasteiger partial charge in [-0.15, -0.1) is 12.3 Å². The van der Waals surface area contributed by atoms with Crippen molar-refractivity contribution in [2.75, 3.05) is 13.7 Å². The Hall–Kier alpha value is -2.02. The lowest BCUT2D eigenvalue weighted by atomic mass is 10.2. The molecule has 4 heteroatoms. The van der Waals surface area contributed by atoms with Crippen LogP contribution in [0.15, 0.2) is 18.3 Å². The lowest BCUT2D eigenvalue weighted by Gasteiger charge is -2.06. The van der Waals surface area contributed by atoms with Gasteiger partial charge in [-0.1, -0.05) is 0 Å². The maximum absolute atomic E-state index is 11.6. The topological polar surface area (TPSA) is 51.2 Å². The van der Waals surface area contributed by atoms with Gasteiger partial charge < -0.3 is 10.1 Å². The highest BCUT2D eigenvalue weighted by Gasteiger charge is 2.11. The van der Waals surface area contributed by atoms with E-state index >= 15 is 0 Å². The van der Waals surface area contributed by atoms with Crippen LogP contribution in [0.25, 0.3) is 0 Å². The third-order valence-electron chi connectivity index (χ3n) is 1.76. The average molecular weight is 204 g/mol. The van der Waals surface area contributed by atoms with Gasteiger partial charge in [0.2, 0.25) is 5.88 Å². The van der Waals surface area contributed by atoms with E-state index in [1.54, 1.807) is 18.3 Å². The molecule has 0 fully saturated rings. The van der Waals surface area contributed by atoms with Crippen molar-refractivity contribution in [1.82, 2.24) is 10.3 Å². The van der Waals surface area contributed by atoms with Gasteiger partial charge in [0.05, 0.1) is 7.11 Å². The van der Waals surface area contributed by atoms with E-state index in [0.29, 0.717) is 24.4 Å². The first-order valence-electron chi connectivity index (χ1n) is 4.50. The third kappa shape index (κ3) is 2.99. The van der Waals surface area contributed by atoms with E-state index in [-0.39, 0.29) is 5.91 Å². The monoisotopic (exact) mass is 204 g/mol. The number of carbonyl (C=O) groups is 1. The zero-order valence-electron chi connectivity index (χ0n) is 8.49. The SMILES string of the molecule is C#CCCNC(=O)c1cccnc1OC. The Morgan fingerprint density at radius 2 is 2.53 bits per heavy atom. The minimum absolute atomic E-state index is 0.227. The van der Waals surface area contributed by atoms with Gasteiger partial charge in [0.1, 0.15) is 5.56 Å². The fourth-order valence-corrected chi connectivity index (χ4v) is 1.07. The Morgan fingerprint density at radius 1 is 1.73 bits per heavy atom. The van der Waals surface area contributed by atoms with Gasteiger partial charge in [-0.2, -0.15) is 0 Å². The van der Waals surface area contributed by atoms with E-state index in [1.165, 1.54) is 7.11 Å². The average Bonchev–Trinajstić information content (AvgIpc) is 2.29. The molecule has 0 saturated heterocycles. The van der Waals surface area contributed by atoms with Crippen molar-refractivity contribution in [3.05, 3.63) is 23.9 Å². The van der Waals surface area contributed by atoms with Crippen LogP contribution in [0.1, 0.15) is 16.8 Å². The second kappa shape index (κ2) is 5.66. The summed E-state index contributed by atoms with van der Waals surface area (Å²) >= 11 is 0. The molecule has 1 aromatic heterocycles. The van der Waals surface area contributed by atoms with Gasteiger partial charge in [0.15, 0.2) is 0 Å². The number of terminal acetylenes is 1. The number of amides is 1. The molecule has 15 heavy (non-hydrogen) atoms. The van der Waals surface area contributed by atoms with Crippen molar-refractivity contribution in [3.63, 3.8) is 0 Å². The molecule has 0 unspecified atom stereocenters. The summed E-state index contributed by atoms with van der Waals surface area (Å²) in [5.41, 5.74) is 0.414. The molecule has 1 heterocycles. The van der Waals surface area contributed by atoms with Gasteiger partial charge in [-0.25, -0.2) is 4.98 Å². The van der Waals surface area contributed by atoms with Crippen LogP contribution in [0.3, 0.4) is 0 Å². The molecule has 0 aromatic carbocycles. The van der Waals surface area contributed by atoms with Crippen LogP contribution >= 0.6 is 0 Å². The quantitative estimate of drug-likeness (QED) is 0.584. The molecule has 0 aliphatic carbocycles. The van der Waals surface area contributed by atoms with Crippen molar-refractivity contribution in [2.45, 2.75) is 6.42 Å². The van der Waals surface area contributed by atoms with Crippen LogP contribution in [0.4, 0.5) is 0 Å². The molecule has 4 nitrogen and oxygen atoms in total. The lowest BCUT2D eigenvalue weighted by molar-refractivity contribution is 0.0951. The molecule has 0 bridgehead atoms. The van der Waals surface area contributed by atoms with Crippen LogP contribution in [0.2, 0.25) is 0 Å². The molecule has 1 rings (SSSR count). The molecular weight excluding hydrogens is 192 g/mol. The molecule has 1 aromatic rings. The van der Waals surface area contributed by atoms with E-state index in [4.69, 9.17) is 11.2 Å². The first-order valence-corrected chi connectivity index (χ1v) is 4.50. The summed E-state index contributed by atoms with van der Waals surface area (Å²) in [5, 5.41) is 2.67. The molecule has 0 aliphatic heterocycles. The van der Waals surface area contributed by atoms with Crippen LogP contribution in [0.5, 0.6) is 5.88 Å². The second-order valence-electron chi connectivity index (χ2n) is 2.77. The third-order valence-corrected chi connectivity index (χ3v) is 1.76. The summed E-state index contributed by atoms with van der Waals surface area (Å²) in [6.45, 7) is 0.452. The smallest absolute Gasteiger partial charge is 0.256 e. The first kappa shape index (κ1) is 11.1. The van der Waals surface area contributed by atoms with Crippen molar-refractivity contribution >= 4 is 5.91 Å². The number of nitrogens with one attached hydrogen (secondary N) is 1. The van der Waals surface area contributed by atoms with Crippen LogP contribution in [-0.2, 0) is 0 Å². The Bertz CT molecular complexity index is 382. The number of rotatable bonds is 4. The maximum Gasteiger partial charge on any atom is 0.256 e. The summed E-state index contributed by atoms with van der Waals surface area (Å²) in [4.78, 5) is 15.5. The molecule has 0 atom stereocenters. The minimum Gasteiger partial charge on any atom is -0.480 e. The van der Waals surface area contributed by atoms with E-state index in [2.05, 4.69) is 16.2 Å². The van der Waals surface area contributed by atoms with Crippen molar-refractivity contribution < 1.29 is 9.53 Å². The Labute approximate surface area is 88.7 Å². The predicted molar refractivity (Wildman–Crippen MR) is 56.6 cm³/mol. The lowest BCUT2D eigenvalue weighted by Crippen LogP contribution is -2.24. The zero-order valence-corrected chi connectivity index (χ0v) is 8.49. The highest BCUT2D eigenvalue weighted by atomic mass is 16.5. The molecule has 0 saturated carbocycles. The molecule has 0 radical (unpaired) electrons. The van der Waals surface area contributed by atoms with Crippen LogP contribution < -0.4 is 10.1 Å². The van der Waals surface area contributed by atoms with Gasteiger partial charge in [0.25, 0.3) is 5.91 Å². The fourth-order valence-electron chi connectivity index (χ4n) is 1.07. The zero-order chi connectivity index (χ0) is 11.1. The summed E-state index contributed by atoms with van der Waals surface area (Å²) in [7, 11) is 1.47. The molecule has 0 aliphatic rings. The predicted octanol–water partition coefficient (Wildman–Crippen LogP) is 0.843. The summed E-state index contributed by atoms with van der Waals surface area (Å²) in [6, 6.07) is 3.33. The normalized spacial score (nSPS) is 9.07. The first-order chi connectivity index (χ1) is 7.29. The highest BCUT2D eigenvalue weighted by molar-refractivity contribution is 5.96. The van der Waals surface area contributed by atoms with E-state index in [0.717, 1.165) is 0 Å². The van der Waals surface area contributed by atoms with Gasteiger partial charge in [-0.3, -0.25) is 4.79 Å². The number of hydrogen-bond acceptors (Lipinski definition) is 3. The number of ether oxygens (including phenoxy) is 1. The Morgan fingerprint density at radius 3 is 3.20 bits per heavy atom. The fraction of sp³-hybridized carbons (Fsp3) is 0.273. The number of methoxy groups -OCH3 is 1. The number of hydrogen-bond donors (Lipinski definition) is 1. The van der Waals surface area contributed by atoms with Gasteiger partial charge in [0, 0.05) is 19.2 Å². The highest BCUT2D eigenvalue weighted by Crippen LogP contribution is 2.12. The summed E-state index contributed by atoms with van der Waals surface area (Å²) < 4.78 is 4.96. The number of pyridine rings is 1.